The minimum Gasteiger partial charge on any atom is -0.367 e. The summed E-state index contributed by atoms with van der Waals surface area (Å²) in [4.78, 5) is 0. The summed E-state index contributed by atoms with van der Waals surface area (Å²) in [5, 5.41) is 3.92. The lowest BCUT2D eigenvalue weighted by Gasteiger charge is -2.56. The van der Waals surface area contributed by atoms with Crippen molar-refractivity contribution in [1.29, 1.82) is 0 Å². The first-order valence-corrected chi connectivity index (χ1v) is 7.53. The van der Waals surface area contributed by atoms with Crippen molar-refractivity contribution in [3.05, 3.63) is 17.5 Å². The smallest absolute Gasteiger partial charge is 0.162 e. The van der Waals surface area contributed by atoms with Crippen LogP contribution in [0.3, 0.4) is 0 Å². The normalized spacial score (nSPS) is 39.9. The van der Waals surface area contributed by atoms with Gasteiger partial charge in [0.2, 0.25) is 0 Å². The molecule has 19 heavy (non-hydrogen) atoms. The number of hydrogen-bond acceptors (Lipinski definition) is 4. The van der Waals surface area contributed by atoms with Gasteiger partial charge in [0, 0.05) is 12.6 Å². The third-order valence-corrected chi connectivity index (χ3v) is 5.32. The van der Waals surface area contributed by atoms with Crippen LogP contribution in [0.1, 0.15) is 50.0 Å². The summed E-state index contributed by atoms with van der Waals surface area (Å²) in [6, 6.07) is 1.92. The number of hydrogen-bond donors (Lipinski definition) is 1. The summed E-state index contributed by atoms with van der Waals surface area (Å²) >= 11 is 0. The van der Waals surface area contributed by atoms with E-state index in [0.717, 1.165) is 29.2 Å². The molecule has 5 rings (SSSR count). The number of rotatable bonds is 4. The summed E-state index contributed by atoms with van der Waals surface area (Å²) in [5.74, 6) is 3.57. The Morgan fingerprint density at radius 1 is 1.21 bits per heavy atom. The summed E-state index contributed by atoms with van der Waals surface area (Å²) in [6.45, 7) is 0.986. The zero-order chi connectivity index (χ0) is 12.9. The van der Waals surface area contributed by atoms with Crippen LogP contribution in [0.4, 0.5) is 0 Å². The summed E-state index contributed by atoms with van der Waals surface area (Å²) in [5.41, 5.74) is 6.49. The Labute approximate surface area is 113 Å². The van der Waals surface area contributed by atoms with Crippen molar-refractivity contribution >= 4 is 0 Å². The van der Waals surface area contributed by atoms with Crippen LogP contribution in [0, 0.1) is 17.8 Å². The van der Waals surface area contributed by atoms with E-state index in [1.807, 2.05) is 6.07 Å². The van der Waals surface area contributed by atoms with Crippen LogP contribution >= 0.6 is 0 Å². The van der Waals surface area contributed by atoms with Crippen LogP contribution < -0.4 is 5.73 Å². The third kappa shape index (κ3) is 2.11. The van der Waals surface area contributed by atoms with E-state index in [2.05, 4.69) is 5.16 Å². The van der Waals surface area contributed by atoms with Gasteiger partial charge in [-0.2, -0.15) is 0 Å². The zero-order valence-electron chi connectivity index (χ0n) is 11.3. The molecule has 4 heteroatoms. The van der Waals surface area contributed by atoms with Crippen molar-refractivity contribution in [2.45, 2.75) is 57.3 Å². The zero-order valence-corrected chi connectivity index (χ0v) is 11.3. The number of ether oxygens (including phenoxy) is 1. The molecule has 0 aliphatic heterocycles. The van der Waals surface area contributed by atoms with Gasteiger partial charge < -0.3 is 15.0 Å². The van der Waals surface area contributed by atoms with E-state index in [0.29, 0.717) is 13.2 Å². The van der Waals surface area contributed by atoms with Gasteiger partial charge in [0.15, 0.2) is 5.76 Å². The average molecular weight is 262 g/mol. The lowest BCUT2D eigenvalue weighted by molar-refractivity contribution is -0.171. The Kier molecular flexibility index (Phi) is 2.71. The highest BCUT2D eigenvalue weighted by molar-refractivity contribution is 5.06. The maximum absolute atomic E-state index is 6.31. The van der Waals surface area contributed by atoms with Crippen LogP contribution in [-0.4, -0.2) is 10.8 Å². The maximum Gasteiger partial charge on any atom is 0.162 e. The van der Waals surface area contributed by atoms with Gasteiger partial charge in [0.1, 0.15) is 6.61 Å². The van der Waals surface area contributed by atoms with Crippen molar-refractivity contribution in [1.82, 2.24) is 5.16 Å². The van der Waals surface area contributed by atoms with Crippen molar-refractivity contribution < 1.29 is 9.26 Å². The highest BCUT2D eigenvalue weighted by atomic mass is 16.5. The molecule has 0 unspecified atom stereocenters. The molecule has 4 aliphatic carbocycles. The molecule has 4 fully saturated rings. The second-order valence-electron chi connectivity index (χ2n) is 6.88. The van der Waals surface area contributed by atoms with E-state index in [1.165, 1.54) is 38.5 Å². The molecule has 0 aromatic carbocycles. The van der Waals surface area contributed by atoms with Crippen LogP contribution in [-0.2, 0) is 17.9 Å². The van der Waals surface area contributed by atoms with Crippen LogP contribution in [0.25, 0.3) is 0 Å². The molecule has 0 atom stereocenters. The predicted molar refractivity (Wildman–Crippen MR) is 70.1 cm³/mol. The van der Waals surface area contributed by atoms with E-state index < -0.39 is 0 Å². The molecule has 4 aliphatic rings. The SMILES string of the molecule is NCc1cc(COC23CC4CC(CC(C4)C2)C3)on1. The predicted octanol–water partition coefficient (Wildman–Crippen LogP) is 2.62. The first kappa shape index (κ1) is 11.9. The largest absolute Gasteiger partial charge is 0.367 e. The lowest BCUT2D eigenvalue weighted by Crippen LogP contribution is -2.51. The first-order valence-electron chi connectivity index (χ1n) is 7.53. The van der Waals surface area contributed by atoms with Gasteiger partial charge >= 0.3 is 0 Å². The van der Waals surface area contributed by atoms with E-state index in [-0.39, 0.29) is 5.60 Å². The maximum atomic E-state index is 6.31. The summed E-state index contributed by atoms with van der Waals surface area (Å²) in [6.07, 6.45) is 8.12. The standard InChI is InChI=1S/C15H22N2O2/c16-8-13-4-14(19-17-13)9-18-15-5-10-1-11(6-15)3-12(2-10)7-15/h4,10-12H,1-3,5-9,16H2. The van der Waals surface area contributed by atoms with E-state index >= 15 is 0 Å². The molecule has 1 heterocycles. The van der Waals surface area contributed by atoms with Crippen molar-refractivity contribution in [2.75, 3.05) is 0 Å². The van der Waals surface area contributed by atoms with Crippen LogP contribution in [0.15, 0.2) is 10.6 Å². The third-order valence-electron chi connectivity index (χ3n) is 5.32. The van der Waals surface area contributed by atoms with Gasteiger partial charge in [0.25, 0.3) is 0 Å². The summed E-state index contributed by atoms with van der Waals surface area (Å²) in [7, 11) is 0. The highest BCUT2D eigenvalue weighted by Crippen LogP contribution is 2.57. The van der Waals surface area contributed by atoms with Crippen molar-refractivity contribution in [2.24, 2.45) is 23.5 Å². The molecule has 4 saturated carbocycles. The summed E-state index contributed by atoms with van der Waals surface area (Å²) < 4.78 is 11.6. The Balaban J connectivity index is 1.44. The number of aromatic nitrogens is 1. The van der Waals surface area contributed by atoms with Crippen LogP contribution in [0.2, 0.25) is 0 Å². The monoisotopic (exact) mass is 262 g/mol. The van der Waals surface area contributed by atoms with Gasteiger partial charge in [-0.25, -0.2) is 0 Å². The topological polar surface area (TPSA) is 61.3 Å². The average Bonchev–Trinajstić information content (AvgIpc) is 2.83. The van der Waals surface area contributed by atoms with Crippen molar-refractivity contribution in [3.8, 4) is 0 Å². The number of nitrogens with zero attached hydrogens (tertiary/aromatic N) is 1. The van der Waals surface area contributed by atoms with E-state index in [9.17, 15) is 0 Å². The van der Waals surface area contributed by atoms with Gasteiger partial charge in [-0.3, -0.25) is 0 Å². The molecule has 0 amide bonds. The van der Waals surface area contributed by atoms with Gasteiger partial charge in [-0.1, -0.05) is 5.16 Å². The Morgan fingerprint density at radius 3 is 2.37 bits per heavy atom. The van der Waals surface area contributed by atoms with Crippen molar-refractivity contribution in [3.63, 3.8) is 0 Å². The molecule has 2 N–H and O–H groups in total. The molecule has 0 radical (unpaired) electrons. The molecule has 0 spiro atoms. The molecular formula is C15H22N2O2. The molecule has 0 saturated heterocycles. The van der Waals surface area contributed by atoms with E-state index in [4.69, 9.17) is 15.0 Å². The van der Waals surface area contributed by atoms with Gasteiger partial charge in [0.05, 0.1) is 11.3 Å². The molecule has 1 aromatic rings. The molecule has 4 nitrogen and oxygen atoms in total. The highest BCUT2D eigenvalue weighted by Gasteiger charge is 2.51. The molecule has 104 valence electrons. The quantitative estimate of drug-likeness (QED) is 0.906. The second-order valence-corrected chi connectivity index (χ2v) is 6.88. The fourth-order valence-corrected chi connectivity index (χ4v) is 4.95. The minimum absolute atomic E-state index is 0.143. The minimum atomic E-state index is 0.143. The fourth-order valence-electron chi connectivity index (χ4n) is 4.95. The lowest BCUT2D eigenvalue weighted by atomic mass is 9.54. The Hall–Kier alpha value is -0.870. The molecule has 1 aromatic heterocycles. The molecular weight excluding hydrogens is 240 g/mol. The first-order chi connectivity index (χ1) is 9.25. The second kappa shape index (κ2) is 4.32. The van der Waals surface area contributed by atoms with E-state index in [1.54, 1.807) is 0 Å². The Bertz CT molecular complexity index is 433. The fraction of sp³-hybridized carbons (Fsp3) is 0.800. The Morgan fingerprint density at radius 2 is 1.84 bits per heavy atom. The number of nitrogens with two attached hydrogens (primary N) is 1. The van der Waals surface area contributed by atoms with Gasteiger partial charge in [-0.05, 0) is 56.3 Å². The van der Waals surface area contributed by atoms with Gasteiger partial charge in [-0.15, -0.1) is 0 Å². The molecule has 4 bridgehead atoms. The van der Waals surface area contributed by atoms with Crippen LogP contribution in [0.5, 0.6) is 0 Å².